The molecule has 4 rings (SSSR count). The highest BCUT2D eigenvalue weighted by Gasteiger charge is 2.14. The summed E-state index contributed by atoms with van der Waals surface area (Å²) < 4.78 is 23.9. The lowest BCUT2D eigenvalue weighted by molar-refractivity contribution is 0.102. The summed E-state index contributed by atoms with van der Waals surface area (Å²) in [6.45, 7) is 2.34. The van der Waals surface area contributed by atoms with Crippen LogP contribution < -0.4 is 10.1 Å². The molecule has 7 heteroatoms. The van der Waals surface area contributed by atoms with Gasteiger partial charge in [0.05, 0.1) is 12.2 Å². The Morgan fingerprint density at radius 1 is 1.00 bits per heavy atom. The number of carbonyl (C=O) groups is 1. The van der Waals surface area contributed by atoms with E-state index in [0.717, 1.165) is 0 Å². The molecule has 0 aliphatic carbocycles. The van der Waals surface area contributed by atoms with E-state index < -0.39 is 0 Å². The summed E-state index contributed by atoms with van der Waals surface area (Å²) in [6, 6.07) is 20.0. The van der Waals surface area contributed by atoms with Gasteiger partial charge in [-0.25, -0.2) is 4.39 Å². The van der Waals surface area contributed by atoms with Crippen molar-refractivity contribution in [2.75, 3.05) is 11.9 Å². The minimum atomic E-state index is -0.330. The van der Waals surface area contributed by atoms with E-state index in [2.05, 4.69) is 15.5 Å². The Morgan fingerprint density at radius 3 is 2.43 bits per heavy atom. The fourth-order valence-corrected chi connectivity index (χ4v) is 2.89. The lowest BCUT2D eigenvalue weighted by Gasteiger charge is -2.10. The predicted octanol–water partition coefficient (Wildman–Crippen LogP) is 5.19. The average molecular weight is 403 g/mol. The number of aromatic nitrogens is 2. The van der Waals surface area contributed by atoms with E-state index in [-0.39, 0.29) is 11.7 Å². The molecule has 0 aliphatic rings. The molecule has 0 bridgehead atoms. The Balaban J connectivity index is 1.48. The maximum Gasteiger partial charge on any atom is 0.259 e. The van der Waals surface area contributed by atoms with Crippen LogP contribution in [-0.2, 0) is 0 Å². The fourth-order valence-electron chi connectivity index (χ4n) is 2.89. The molecule has 0 atom stereocenters. The summed E-state index contributed by atoms with van der Waals surface area (Å²) in [7, 11) is 0. The average Bonchev–Trinajstić information content (AvgIpc) is 3.26. The molecule has 0 radical (unpaired) electrons. The first kappa shape index (κ1) is 19.3. The standard InChI is InChI=1S/C23H18FN3O3/c1-2-29-20-6-4-3-5-19(20)22(28)25-18-13-9-16(10-14-18)23-26-21(27-30-23)15-7-11-17(24)12-8-15/h3-14H,2H2,1H3,(H,25,28). The van der Waals surface area contributed by atoms with Crippen molar-refractivity contribution >= 4 is 11.6 Å². The number of nitrogens with one attached hydrogen (secondary N) is 1. The summed E-state index contributed by atoms with van der Waals surface area (Å²) in [5, 5.41) is 6.79. The van der Waals surface area contributed by atoms with Gasteiger partial charge < -0.3 is 14.6 Å². The lowest BCUT2D eigenvalue weighted by atomic mass is 10.1. The van der Waals surface area contributed by atoms with Gasteiger partial charge in [0.1, 0.15) is 11.6 Å². The molecule has 0 saturated heterocycles. The third-order valence-corrected chi connectivity index (χ3v) is 4.35. The molecule has 0 aliphatic heterocycles. The maximum absolute atomic E-state index is 13.1. The highest BCUT2D eigenvalue weighted by atomic mass is 19.1. The summed E-state index contributed by atoms with van der Waals surface area (Å²) >= 11 is 0. The molecule has 1 heterocycles. The van der Waals surface area contributed by atoms with Crippen LogP contribution in [0, 0.1) is 5.82 Å². The van der Waals surface area contributed by atoms with E-state index in [1.54, 1.807) is 54.6 Å². The quantitative estimate of drug-likeness (QED) is 0.479. The molecule has 0 spiro atoms. The van der Waals surface area contributed by atoms with Crippen molar-refractivity contribution in [2.24, 2.45) is 0 Å². The minimum absolute atomic E-state index is 0.261. The van der Waals surface area contributed by atoms with Crippen molar-refractivity contribution in [3.8, 4) is 28.6 Å². The molecule has 1 amide bonds. The first-order valence-corrected chi connectivity index (χ1v) is 9.37. The van der Waals surface area contributed by atoms with Gasteiger partial charge in [-0.15, -0.1) is 0 Å². The number of nitrogens with zero attached hydrogens (tertiary/aromatic N) is 2. The van der Waals surface area contributed by atoms with Crippen molar-refractivity contribution in [3.05, 3.63) is 84.2 Å². The number of benzene rings is 3. The maximum atomic E-state index is 13.1. The molecule has 3 aromatic carbocycles. The molecule has 0 saturated carbocycles. The highest BCUT2D eigenvalue weighted by Crippen LogP contribution is 2.25. The van der Waals surface area contributed by atoms with Crippen LogP contribution in [0.3, 0.4) is 0 Å². The van der Waals surface area contributed by atoms with Gasteiger partial charge in [0.25, 0.3) is 11.8 Å². The van der Waals surface area contributed by atoms with Crippen molar-refractivity contribution < 1.29 is 18.4 Å². The number of carbonyl (C=O) groups excluding carboxylic acids is 1. The summed E-state index contributed by atoms with van der Waals surface area (Å²) in [5.41, 5.74) is 2.43. The normalized spacial score (nSPS) is 10.6. The zero-order chi connectivity index (χ0) is 20.9. The second-order valence-electron chi connectivity index (χ2n) is 6.39. The number of hydrogen-bond donors (Lipinski definition) is 1. The zero-order valence-corrected chi connectivity index (χ0v) is 16.1. The van der Waals surface area contributed by atoms with Crippen molar-refractivity contribution in [1.29, 1.82) is 0 Å². The fraction of sp³-hybridized carbons (Fsp3) is 0.0870. The number of halogens is 1. The molecule has 30 heavy (non-hydrogen) atoms. The van der Waals surface area contributed by atoms with Gasteiger partial charge in [0.15, 0.2) is 0 Å². The van der Waals surface area contributed by atoms with E-state index in [4.69, 9.17) is 9.26 Å². The van der Waals surface area contributed by atoms with E-state index in [1.165, 1.54) is 12.1 Å². The number of hydrogen-bond acceptors (Lipinski definition) is 5. The van der Waals surface area contributed by atoms with Crippen LogP contribution in [-0.4, -0.2) is 22.7 Å². The number of anilines is 1. The van der Waals surface area contributed by atoms with Gasteiger partial charge in [0, 0.05) is 16.8 Å². The molecule has 4 aromatic rings. The minimum Gasteiger partial charge on any atom is -0.493 e. The third-order valence-electron chi connectivity index (χ3n) is 4.35. The molecule has 0 unspecified atom stereocenters. The number of ether oxygens (including phenoxy) is 1. The molecule has 0 fully saturated rings. The molecular formula is C23H18FN3O3. The molecule has 1 N–H and O–H groups in total. The van der Waals surface area contributed by atoms with Crippen molar-refractivity contribution in [3.63, 3.8) is 0 Å². The Morgan fingerprint density at radius 2 is 1.70 bits per heavy atom. The summed E-state index contributed by atoms with van der Waals surface area (Å²) in [4.78, 5) is 16.9. The number of para-hydroxylation sites is 1. The largest absolute Gasteiger partial charge is 0.493 e. The Labute approximate surface area is 172 Å². The lowest BCUT2D eigenvalue weighted by Crippen LogP contribution is -2.13. The first-order chi connectivity index (χ1) is 14.6. The molecule has 6 nitrogen and oxygen atoms in total. The van der Waals surface area contributed by atoms with E-state index in [0.29, 0.717) is 46.4 Å². The Kier molecular flexibility index (Phi) is 5.52. The van der Waals surface area contributed by atoms with Gasteiger partial charge in [-0.05, 0) is 67.6 Å². The second-order valence-corrected chi connectivity index (χ2v) is 6.39. The molecule has 1 aromatic heterocycles. The molecule has 150 valence electrons. The van der Waals surface area contributed by atoms with E-state index in [9.17, 15) is 9.18 Å². The summed E-state index contributed by atoms with van der Waals surface area (Å²) in [6.07, 6.45) is 0. The zero-order valence-electron chi connectivity index (χ0n) is 16.1. The van der Waals surface area contributed by atoms with E-state index in [1.807, 2.05) is 13.0 Å². The smallest absolute Gasteiger partial charge is 0.259 e. The highest BCUT2D eigenvalue weighted by molar-refractivity contribution is 6.06. The summed E-state index contributed by atoms with van der Waals surface area (Å²) in [5.74, 6) is 0.643. The number of rotatable bonds is 6. The van der Waals surface area contributed by atoms with Gasteiger partial charge in [-0.2, -0.15) is 4.98 Å². The van der Waals surface area contributed by atoms with Crippen LogP contribution in [0.4, 0.5) is 10.1 Å². The Bertz CT molecular complexity index is 1160. The first-order valence-electron chi connectivity index (χ1n) is 9.37. The number of amides is 1. The van der Waals surface area contributed by atoms with Crippen LogP contribution in [0.5, 0.6) is 5.75 Å². The van der Waals surface area contributed by atoms with Crippen LogP contribution in [0.15, 0.2) is 77.3 Å². The van der Waals surface area contributed by atoms with E-state index >= 15 is 0 Å². The predicted molar refractivity (Wildman–Crippen MR) is 111 cm³/mol. The van der Waals surface area contributed by atoms with Gasteiger partial charge in [-0.3, -0.25) is 4.79 Å². The SMILES string of the molecule is CCOc1ccccc1C(=O)Nc1ccc(-c2nc(-c3ccc(F)cc3)no2)cc1. The topological polar surface area (TPSA) is 77.2 Å². The van der Waals surface area contributed by atoms with Crippen LogP contribution in [0.25, 0.3) is 22.8 Å². The monoisotopic (exact) mass is 403 g/mol. The van der Waals surface area contributed by atoms with Gasteiger partial charge >= 0.3 is 0 Å². The second kappa shape index (κ2) is 8.57. The molecular weight excluding hydrogens is 385 g/mol. The third kappa shape index (κ3) is 4.20. The van der Waals surface area contributed by atoms with Crippen molar-refractivity contribution in [2.45, 2.75) is 6.92 Å². The van der Waals surface area contributed by atoms with Crippen molar-refractivity contribution in [1.82, 2.24) is 10.1 Å². The Hall–Kier alpha value is -4.00. The van der Waals surface area contributed by atoms with Gasteiger partial charge in [0.2, 0.25) is 5.82 Å². The van der Waals surface area contributed by atoms with Crippen LogP contribution >= 0.6 is 0 Å². The van der Waals surface area contributed by atoms with Crippen LogP contribution in [0.1, 0.15) is 17.3 Å². The van der Waals surface area contributed by atoms with Gasteiger partial charge in [-0.1, -0.05) is 17.3 Å². The van der Waals surface area contributed by atoms with Crippen LogP contribution in [0.2, 0.25) is 0 Å².